The molecule has 0 aliphatic carbocycles. The third-order valence-electron chi connectivity index (χ3n) is 2.12. The third kappa shape index (κ3) is 3.29. The predicted octanol–water partition coefficient (Wildman–Crippen LogP) is 3.87. The van der Waals surface area contributed by atoms with Gasteiger partial charge in [-0.05, 0) is 33.1 Å². The van der Waals surface area contributed by atoms with E-state index in [9.17, 15) is 0 Å². The molecular weight excluding hydrogens is 192 g/mol. The number of thiazole rings is 1. The number of hydrogen-bond acceptors (Lipinski definition) is 3. The van der Waals surface area contributed by atoms with Gasteiger partial charge in [-0.15, -0.1) is 11.3 Å². The Morgan fingerprint density at radius 1 is 1.50 bits per heavy atom. The first-order valence-electron chi connectivity index (χ1n) is 5.16. The van der Waals surface area contributed by atoms with E-state index in [0.717, 1.165) is 11.6 Å². The summed E-state index contributed by atoms with van der Waals surface area (Å²) in [5, 5.41) is 6.58. The second-order valence-electron chi connectivity index (χ2n) is 4.76. The van der Waals surface area contributed by atoms with E-state index in [1.807, 2.05) is 0 Å². The van der Waals surface area contributed by atoms with Crippen LogP contribution in [0.4, 0.5) is 5.13 Å². The van der Waals surface area contributed by atoms with Gasteiger partial charge in [0.1, 0.15) is 0 Å². The maximum Gasteiger partial charge on any atom is 0.183 e. The number of nitrogens with zero attached hydrogens (tertiary/aromatic N) is 1. The van der Waals surface area contributed by atoms with Gasteiger partial charge < -0.3 is 5.32 Å². The van der Waals surface area contributed by atoms with E-state index in [0.29, 0.717) is 5.92 Å². The van der Waals surface area contributed by atoms with E-state index in [-0.39, 0.29) is 5.54 Å². The van der Waals surface area contributed by atoms with Crippen LogP contribution in [0.3, 0.4) is 0 Å². The zero-order chi connectivity index (χ0) is 10.8. The lowest BCUT2D eigenvalue weighted by molar-refractivity contribution is 0.631. The summed E-state index contributed by atoms with van der Waals surface area (Å²) in [6.45, 7) is 10.9. The fourth-order valence-electron chi connectivity index (χ4n) is 1.10. The molecule has 1 N–H and O–H groups in total. The molecule has 1 aromatic heterocycles. The van der Waals surface area contributed by atoms with Crippen LogP contribution in [0.15, 0.2) is 5.38 Å². The van der Waals surface area contributed by atoms with Crippen LogP contribution in [0.2, 0.25) is 0 Å². The predicted molar refractivity (Wildman–Crippen MR) is 64.2 cm³/mol. The molecular formula is C11H20N2S. The van der Waals surface area contributed by atoms with Crippen LogP contribution in [0.25, 0.3) is 0 Å². The van der Waals surface area contributed by atoms with Crippen molar-refractivity contribution in [3.8, 4) is 0 Å². The second kappa shape index (κ2) is 4.30. The molecule has 0 aromatic carbocycles. The lowest BCUT2D eigenvalue weighted by atomic mass is 10.1. The topological polar surface area (TPSA) is 24.9 Å². The second-order valence-corrected chi connectivity index (χ2v) is 5.62. The van der Waals surface area contributed by atoms with E-state index < -0.39 is 0 Å². The van der Waals surface area contributed by atoms with Gasteiger partial charge in [0, 0.05) is 10.9 Å². The molecule has 3 heteroatoms. The summed E-state index contributed by atoms with van der Waals surface area (Å²) in [6.07, 6.45) is 1.15. The minimum absolute atomic E-state index is 0.102. The van der Waals surface area contributed by atoms with Crippen molar-refractivity contribution in [2.75, 3.05) is 5.32 Å². The van der Waals surface area contributed by atoms with Gasteiger partial charge in [-0.25, -0.2) is 4.98 Å². The molecule has 80 valence electrons. The lowest BCUT2D eigenvalue weighted by Crippen LogP contribution is -2.25. The van der Waals surface area contributed by atoms with Crippen molar-refractivity contribution in [1.82, 2.24) is 4.98 Å². The van der Waals surface area contributed by atoms with Gasteiger partial charge in [0.25, 0.3) is 0 Å². The molecule has 0 radical (unpaired) electrons. The number of nitrogens with one attached hydrogen (secondary N) is 1. The van der Waals surface area contributed by atoms with Crippen molar-refractivity contribution in [3.63, 3.8) is 0 Å². The van der Waals surface area contributed by atoms with Crippen LogP contribution in [-0.4, -0.2) is 10.5 Å². The molecule has 1 aromatic rings. The Labute approximate surface area is 90.8 Å². The van der Waals surface area contributed by atoms with Gasteiger partial charge in [0.15, 0.2) is 5.13 Å². The van der Waals surface area contributed by atoms with E-state index in [1.54, 1.807) is 11.3 Å². The number of hydrogen-bond donors (Lipinski definition) is 1. The molecule has 0 fully saturated rings. The summed E-state index contributed by atoms with van der Waals surface area (Å²) >= 11 is 1.70. The molecule has 0 spiro atoms. The van der Waals surface area contributed by atoms with Gasteiger partial charge >= 0.3 is 0 Å². The van der Waals surface area contributed by atoms with Gasteiger partial charge in [0.2, 0.25) is 0 Å². The number of aromatic nitrogens is 1. The maximum atomic E-state index is 4.57. The van der Waals surface area contributed by atoms with Crippen molar-refractivity contribution in [2.24, 2.45) is 0 Å². The average Bonchev–Trinajstić information content (AvgIpc) is 2.48. The smallest absolute Gasteiger partial charge is 0.183 e. The highest BCUT2D eigenvalue weighted by Gasteiger charge is 2.13. The van der Waals surface area contributed by atoms with Gasteiger partial charge in [0.05, 0.1) is 5.69 Å². The summed E-state index contributed by atoms with van der Waals surface area (Å²) in [5.41, 5.74) is 1.31. The van der Waals surface area contributed by atoms with Gasteiger partial charge in [-0.3, -0.25) is 0 Å². The summed E-state index contributed by atoms with van der Waals surface area (Å²) in [5.74, 6) is 0.571. The molecule has 2 nitrogen and oxygen atoms in total. The molecule has 0 bridgehead atoms. The van der Waals surface area contributed by atoms with Gasteiger partial charge in [-0.1, -0.05) is 13.8 Å². The summed E-state index contributed by atoms with van der Waals surface area (Å²) in [7, 11) is 0. The first-order chi connectivity index (χ1) is 6.42. The van der Waals surface area contributed by atoms with Crippen LogP contribution >= 0.6 is 11.3 Å². The molecule has 1 unspecified atom stereocenters. The first kappa shape index (κ1) is 11.5. The quantitative estimate of drug-likeness (QED) is 0.822. The van der Waals surface area contributed by atoms with Crippen LogP contribution in [0.1, 0.15) is 52.7 Å². The zero-order valence-electron chi connectivity index (χ0n) is 9.72. The van der Waals surface area contributed by atoms with Crippen LogP contribution in [-0.2, 0) is 0 Å². The molecule has 0 aliphatic rings. The molecule has 0 amide bonds. The van der Waals surface area contributed by atoms with Crippen LogP contribution in [0, 0.1) is 0 Å². The molecule has 0 aliphatic heterocycles. The Morgan fingerprint density at radius 2 is 2.14 bits per heavy atom. The normalized spacial score (nSPS) is 14.1. The largest absolute Gasteiger partial charge is 0.357 e. The Kier molecular flexibility index (Phi) is 3.53. The van der Waals surface area contributed by atoms with Crippen LogP contribution < -0.4 is 5.32 Å². The highest BCUT2D eigenvalue weighted by Crippen LogP contribution is 2.25. The van der Waals surface area contributed by atoms with Gasteiger partial charge in [-0.2, -0.15) is 0 Å². The summed E-state index contributed by atoms with van der Waals surface area (Å²) in [4.78, 5) is 4.57. The number of rotatable bonds is 3. The standard InChI is InChI=1S/C11H20N2S/c1-6-8(2)9-7-14-10(12-9)13-11(3,4)5/h7-8H,6H2,1-5H3,(H,12,13). The average molecular weight is 212 g/mol. The maximum absolute atomic E-state index is 4.57. The Balaban J connectivity index is 2.69. The molecule has 0 saturated heterocycles. The van der Waals surface area contributed by atoms with E-state index >= 15 is 0 Å². The Bertz CT molecular complexity index is 286. The minimum Gasteiger partial charge on any atom is -0.357 e. The molecule has 1 atom stereocenters. The third-order valence-corrected chi connectivity index (χ3v) is 2.90. The summed E-state index contributed by atoms with van der Waals surface area (Å²) < 4.78 is 0. The van der Waals surface area contributed by atoms with E-state index in [4.69, 9.17) is 0 Å². The lowest BCUT2D eigenvalue weighted by Gasteiger charge is -2.19. The SMILES string of the molecule is CCC(C)c1csc(NC(C)(C)C)n1. The highest BCUT2D eigenvalue weighted by molar-refractivity contribution is 7.13. The molecule has 1 rings (SSSR count). The zero-order valence-corrected chi connectivity index (χ0v) is 10.5. The fraction of sp³-hybridized carbons (Fsp3) is 0.727. The highest BCUT2D eigenvalue weighted by atomic mass is 32.1. The van der Waals surface area contributed by atoms with Crippen LogP contribution in [0.5, 0.6) is 0 Å². The minimum atomic E-state index is 0.102. The molecule has 1 heterocycles. The van der Waals surface area contributed by atoms with E-state index in [2.05, 4.69) is 50.3 Å². The van der Waals surface area contributed by atoms with Crippen molar-refractivity contribution < 1.29 is 0 Å². The van der Waals surface area contributed by atoms with Crippen molar-refractivity contribution in [2.45, 2.75) is 52.5 Å². The van der Waals surface area contributed by atoms with Crippen molar-refractivity contribution >= 4 is 16.5 Å². The van der Waals surface area contributed by atoms with Crippen molar-refractivity contribution in [1.29, 1.82) is 0 Å². The Morgan fingerprint density at radius 3 is 2.64 bits per heavy atom. The summed E-state index contributed by atoms with van der Waals surface area (Å²) in [6, 6.07) is 0. The number of anilines is 1. The fourth-order valence-corrected chi connectivity index (χ4v) is 2.14. The first-order valence-corrected chi connectivity index (χ1v) is 6.04. The molecule has 14 heavy (non-hydrogen) atoms. The monoisotopic (exact) mass is 212 g/mol. The molecule has 0 saturated carbocycles. The van der Waals surface area contributed by atoms with E-state index in [1.165, 1.54) is 5.69 Å². The Hall–Kier alpha value is -0.570. The van der Waals surface area contributed by atoms with Crippen molar-refractivity contribution in [3.05, 3.63) is 11.1 Å².